The van der Waals surface area contributed by atoms with E-state index in [1.165, 1.54) is 38.5 Å². The van der Waals surface area contributed by atoms with Crippen LogP contribution in [0.1, 0.15) is 77.7 Å². The highest BCUT2D eigenvalue weighted by atomic mass is 16.2. The number of benzene rings is 1. The van der Waals surface area contributed by atoms with Crippen LogP contribution < -0.4 is 16.2 Å². The van der Waals surface area contributed by atoms with Gasteiger partial charge in [0.15, 0.2) is 0 Å². The van der Waals surface area contributed by atoms with Crippen molar-refractivity contribution in [3.05, 3.63) is 40.8 Å². The minimum atomic E-state index is -0.554. The quantitative estimate of drug-likeness (QED) is 0.590. The predicted molar refractivity (Wildman–Crippen MR) is 137 cm³/mol. The van der Waals surface area contributed by atoms with Crippen molar-refractivity contribution in [2.75, 3.05) is 5.32 Å². The Bertz CT molecular complexity index is 1190. The van der Waals surface area contributed by atoms with Crippen molar-refractivity contribution >= 4 is 28.3 Å². The van der Waals surface area contributed by atoms with E-state index in [0.717, 1.165) is 36.0 Å². The van der Waals surface area contributed by atoms with Crippen LogP contribution in [0.2, 0.25) is 0 Å². The molecule has 5 saturated carbocycles. The molecule has 2 amide bonds. The first-order valence-corrected chi connectivity index (χ1v) is 13.5. The molecule has 1 aromatic carbocycles. The fraction of sp³-hybridized carbons (Fsp3) is 0.621. The number of nitrogens with one attached hydrogen (secondary N) is 2. The van der Waals surface area contributed by atoms with Gasteiger partial charge in [-0.05, 0) is 98.7 Å². The van der Waals surface area contributed by atoms with E-state index in [1.54, 1.807) is 16.8 Å². The number of fused-ring (bicyclic) bond motifs is 1. The Morgan fingerprint density at radius 3 is 2.26 bits per heavy atom. The van der Waals surface area contributed by atoms with E-state index in [-0.39, 0.29) is 34.7 Å². The molecule has 0 radical (unpaired) electrons. The van der Waals surface area contributed by atoms with Gasteiger partial charge >= 0.3 is 0 Å². The number of hydrogen-bond acceptors (Lipinski definition) is 3. The van der Waals surface area contributed by atoms with Gasteiger partial charge in [0.1, 0.15) is 6.04 Å². The number of carbonyl (C=O) groups is 2. The SMILES string of the molecule is CC(C)[C@H](C(=O)NC1CC1)n1ccc2c(NC(=O)CC34CC5CC(CC(C5)C3)C4)cccc2c1=O. The Morgan fingerprint density at radius 1 is 1.00 bits per heavy atom. The summed E-state index contributed by atoms with van der Waals surface area (Å²) in [6.07, 6.45) is 12.0. The third-order valence-corrected chi connectivity index (χ3v) is 9.07. The molecule has 2 N–H and O–H groups in total. The van der Waals surface area contributed by atoms with Crippen molar-refractivity contribution in [3.63, 3.8) is 0 Å². The summed E-state index contributed by atoms with van der Waals surface area (Å²) in [6.45, 7) is 3.93. The van der Waals surface area contributed by atoms with Crippen molar-refractivity contribution in [2.24, 2.45) is 29.1 Å². The van der Waals surface area contributed by atoms with Gasteiger partial charge in [-0.1, -0.05) is 19.9 Å². The van der Waals surface area contributed by atoms with E-state index in [0.29, 0.717) is 17.5 Å². The average Bonchev–Trinajstić information content (AvgIpc) is 3.58. The summed E-state index contributed by atoms with van der Waals surface area (Å²) in [5.41, 5.74) is 0.671. The fourth-order valence-electron chi connectivity index (χ4n) is 7.93. The van der Waals surface area contributed by atoms with Crippen molar-refractivity contribution < 1.29 is 9.59 Å². The lowest BCUT2D eigenvalue weighted by Crippen LogP contribution is -2.47. The number of pyridine rings is 1. The Labute approximate surface area is 206 Å². The van der Waals surface area contributed by atoms with Crippen LogP contribution in [-0.2, 0) is 9.59 Å². The first-order chi connectivity index (χ1) is 16.8. The second-order valence-corrected chi connectivity index (χ2v) is 12.4. The molecule has 1 atom stereocenters. The van der Waals surface area contributed by atoms with Crippen molar-refractivity contribution in [3.8, 4) is 0 Å². The maximum absolute atomic E-state index is 13.5. The molecule has 2 aromatic rings. The van der Waals surface area contributed by atoms with Gasteiger partial charge in [0.2, 0.25) is 11.8 Å². The molecular formula is C29H37N3O3. The zero-order valence-corrected chi connectivity index (χ0v) is 20.9. The van der Waals surface area contributed by atoms with Crippen LogP contribution in [0.25, 0.3) is 10.8 Å². The molecule has 6 heteroatoms. The van der Waals surface area contributed by atoms with E-state index in [2.05, 4.69) is 10.6 Å². The zero-order chi connectivity index (χ0) is 24.3. The summed E-state index contributed by atoms with van der Waals surface area (Å²) >= 11 is 0. The summed E-state index contributed by atoms with van der Waals surface area (Å²) in [6, 6.07) is 7.06. The average molecular weight is 476 g/mol. The van der Waals surface area contributed by atoms with E-state index in [4.69, 9.17) is 0 Å². The van der Waals surface area contributed by atoms with E-state index >= 15 is 0 Å². The molecule has 5 aliphatic carbocycles. The summed E-state index contributed by atoms with van der Waals surface area (Å²) in [7, 11) is 0. The summed E-state index contributed by atoms with van der Waals surface area (Å²) < 4.78 is 1.56. The molecule has 7 rings (SSSR count). The molecule has 186 valence electrons. The highest BCUT2D eigenvalue weighted by Crippen LogP contribution is 2.61. The largest absolute Gasteiger partial charge is 0.352 e. The Balaban J connectivity index is 1.24. The standard InChI is InChI=1S/C29H37N3O3/c1-17(2)26(27(34)30-21-6-7-21)32-9-8-22-23(28(32)35)4-3-5-24(22)31-25(33)16-29-13-18-10-19(14-29)12-20(11-18)15-29/h3-5,8-9,17-21,26H,6-7,10-16H2,1-2H3,(H,30,34)(H,31,33)/t18?,19?,20?,26-,29?/m1/s1. The number of hydrogen-bond donors (Lipinski definition) is 2. The van der Waals surface area contributed by atoms with E-state index in [9.17, 15) is 14.4 Å². The number of rotatable bonds is 7. The van der Waals surface area contributed by atoms with Crippen LogP contribution in [0.5, 0.6) is 0 Å². The van der Waals surface area contributed by atoms with Crippen molar-refractivity contribution in [1.82, 2.24) is 9.88 Å². The van der Waals surface area contributed by atoms with Gasteiger partial charge in [-0.25, -0.2) is 0 Å². The lowest BCUT2D eigenvalue weighted by molar-refractivity contribution is -0.126. The maximum Gasteiger partial charge on any atom is 0.259 e. The molecule has 4 bridgehead atoms. The highest BCUT2D eigenvalue weighted by molar-refractivity contribution is 6.02. The topological polar surface area (TPSA) is 80.2 Å². The third kappa shape index (κ3) is 4.30. The molecular weight excluding hydrogens is 438 g/mol. The Kier molecular flexibility index (Phi) is 5.53. The van der Waals surface area contributed by atoms with Crippen LogP contribution in [0.15, 0.2) is 35.3 Å². The van der Waals surface area contributed by atoms with Gasteiger partial charge < -0.3 is 15.2 Å². The van der Waals surface area contributed by atoms with E-state index in [1.807, 2.05) is 32.0 Å². The molecule has 6 nitrogen and oxygen atoms in total. The molecule has 5 aliphatic rings. The minimum Gasteiger partial charge on any atom is -0.352 e. The van der Waals surface area contributed by atoms with Gasteiger partial charge in [-0.3, -0.25) is 14.4 Å². The van der Waals surface area contributed by atoms with Gasteiger partial charge in [-0.2, -0.15) is 0 Å². The normalized spacial score (nSPS) is 30.0. The van der Waals surface area contributed by atoms with Crippen LogP contribution in [-0.4, -0.2) is 22.4 Å². The lowest BCUT2D eigenvalue weighted by atomic mass is 9.49. The second kappa shape index (κ2) is 8.49. The predicted octanol–water partition coefficient (Wildman–Crippen LogP) is 5.02. The lowest BCUT2D eigenvalue weighted by Gasteiger charge is -2.56. The second-order valence-electron chi connectivity index (χ2n) is 12.4. The number of anilines is 1. The van der Waals surface area contributed by atoms with Crippen LogP contribution in [0, 0.1) is 29.1 Å². The van der Waals surface area contributed by atoms with Gasteiger partial charge in [0.05, 0.1) is 0 Å². The molecule has 1 heterocycles. The Hall–Kier alpha value is -2.63. The summed E-state index contributed by atoms with van der Waals surface area (Å²) in [5.74, 6) is 2.40. The first-order valence-electron chi connectivity index (χ1n) is 13.5. The molecule has 0 spiro atoms. The highest BCUT2D eigenvalue weighted by Gasteiger charge is 2.51. The monoisotopic (exact) mass is 475 g/mol. The van der Waals surface area contributed by atoms with Crippen molar-refractivity contribution in [2.45, 2.75) is 83.7 Å². The number of carbonyl (C=O) groups excluding carboxylic acids is 2. The number of amides is 2. The van der Waals surface area contributed by atoms with Crippen LogP contribution >= 0.6 is 0 Å². The van der Waals surface area contributed by atoms with Gasteiger partial charge in [0.25, 0.3) is 5.56 Å². The summed E-state index contributed by atoms with van der Waals surface area (Å²) in [4.78, 5) is 39.6. The van der Waals surface area contributed by atoms with E-state index < -0.39 is 6.04 Å². The maximum atomic E-state index is 13.5. The van der Waals surface area contributed by atoms with Gasteiger partial charge in [0, 0.05) is 35.1 Å². The van der Waals surface area contributed by atoms with Crippen molar-refractivity contribution in [1.29, 1.82) is 0 Å². The molecule has 1 aromatic heterocycles. The van der Waals surface area contributed by atoms with Gasteiger partial charge in [-0.15, -0.1) is 0 Å². The Morgan fingerprint density at radius 2 is 1.66 bits per heavy atom. The molecule has 0 unspecified atom stereocenters. The third-order valence-electron chi connectivity index (χ3n) is 9.07. The smallest absolute Gasteiger partial charge is 0.259 e. The van der Waals surface area contributed by atoms with Crippen LogP contribution in [0.3, 0.4) is 0 Å². The molecule has 35 heavy (non-hydrogen) atoms. The minimum absolute atomic E-state index is 0.0212. The number of nitrogens with zero attached hydrogens (tertiary/aromatic N) is 1. The summed E-state index contributed by atoms with van der Waals surface area (Å²) in [5, 5.41) is 7.47. The zero-order valence-electron chi connectivity index (χ0n) is 20.9. The first kappa shape index (κ1) is 22.8. The fourth-order valence-corrected chi connectivity index (χ4v) is 7.93. The molecule has 0 saturated heterocycles. The number of aromatic nitrogens is 1. The molecule has 0 aliphatic heterocycles. The molecule has 5 fully saturated rings. The van der Waals surface area contributed by atoms with Crippen LogP contribution in [0.4, 0.5) is 5.69 Å².